The number of nitrogens with zero attached hydrogens (tertiary/aromatic N) is 2. The topological polar surface area (TPSA) is 104 Å². The van der Waals surface area contributed by atoms with Gasteiger partial charge in [0.1, 0.15) is 0 Å². The first-order valence-electron chi connectivity index (χ1n) is 10.1. The van der Waals surface area contributed by atoms with Crippen molar-refractivity contribution in [3.8, 4) is 22.8 Å². The fourth-order valence-corrected chi connectivity index (χ4v) is 3.59. The van der Waals surface area contributed by atoms with E-state index in [0.717, 1.165) is 5.56 Å². The third kappa shape index (κ3) is 4.31. The first kappa shape index (κ1) is 21.8. The molecule has 0 aliphatic carbocycles. The minimum absolute atomic E-state index is 0.0570. The lowest BCUT2D eigenvalue weighted by molar-refractivity contribution is -0.385. The largest absolute Gasteiger partial charge is 0.493 e. The highest BCUT2D eigenvalue weighted by atomic mass is 16.6. The summed E-state index contributed by atoms with van der Waals surface area (Å²) in [6, 6.07) is 19.0. The molecule has 0 saturated carbocycles. The second-order valence-electron chi connectivity index (χ2n) is 7.35. The summed E-state index contributed by atoms with van der Waals surface area (Å²) in [5.74, 6) is 0.734. The van der Waals surface area contributed by atoms with Crippen LogP contribution in [-0.4, -0.2) is 30.0 Å². The van der Waals surface area contributed by atoms with Gasteiger partial charge >= 0.3 is 0 Å². The van der Waals surface area contributed by atoms with Gasteiger partial charge in [0.15, 0.2) is 11.5 Å². The normalized spacial score (nSPS) is 10.6. The second-order valence-corrected chi connectivity index (χ2v) is 7.35. The molecular weight excluding hydrogens is 422 g/mol. The Hall–Kier alpha value is -4.46. The van der Waals surface area contributed by atoms with Crippen molar-refractivity contribution in [2.75, 3.05) is 19.5 Å². The van der Waals surface area contributed by atoms with Crippen molar-refractivity contribution in [1.82, 2.24) is 4.98 Å². The number of aryl methyl sites for hydroxylation is 1. The maximum Gasteiger partial charge on any atom is 0.274 e. The molecule has 3 aromatic carbocycles. The zero-order valence-electron chi connectivity index (χ0n) is 18.3. The number of amides is 1. The Balaban J connectivity index is 1.79. The van der Waals surface area contributed by atoms with Crippen LogP contribution in [0.2, 0.25) is 0 Å². The van der Waals surface area contributed by atoms with E-state index in [-0.39, 0.29) is 5.69 Å². The number of hydrogen-bond donors (Lipinski definition) is 1. The molecule has 0 unspecified atom stereocenters. The van der Waals surface area contributed by atoms with Crippen LogP contribution in [-0.2, 0) is 0 Å². The number of pyridine rings is 1. The third-order valence-electron chi connectivity index (χ3n) is 5.30. The number of carbonyl (C=O) groups excluding carboxylic acids is 1. The summed E-state index contributed by atoms with van der Waals surface area (Å²) in [7, 11) is 3.11. The smallest absolute Gasteiger partial charge is 0.274 e. The number of rotatable bonds is 6. The molecule has 0 bridgehead atoms. The van der Waals surface area contributed by atoms with Crippen molar-refractivity contribution in [3.63, 3.8) is 0 Å². The van der Waals surface area contributed by atoms with Crippen LogP contribution < -0.4 is 14.8 Å². The van der Waals surface area contributed by atoms with Crippen molar-refractivity contribution < 1.29 is 19.2 Å². The second kappa shape index (κ2) is 8.96. The van der Waals surface area contributed by atoms with Crippen LogP contribution >= 0.6 is 0 Å². The van der Waals surface area contributed by atoms with Crippen molar-refractivity contribution >= 4 is 28.2 Å². The molecule has 0 aliphatic rings. The van der Waals surface area contributed by atoms with E-state index in [1.807, 2.05) is 30.3 Å². The zero-order chi connectivity index (χ0) is 23.5. The molecule has 0 radical (unpaired) electrons. The lowest BCUT2D eigenvalue weighted by Crippen LogP contribution is -2.13. The Morgan fingerprint density at radius 1 is 0.970 bits per heavy atom. The highest BCUT2D eigenvalue weighted by Gasteiger charge is 2.17. The minimum Gasteiger partial charge on any atom is -0.493 e. The molecule has 0 aliphatic heterocycles. The summed E-state index contributed by atoms with van der Waals surface area (Å²) in [4.78, 5) is 28.8. The lowest BCUT2D eigenvalue weighted by atomic mass is 10.0. The molecule has 4 aromatic rings. The number of aromatic nitrogens is 1. The SMILES string of the molecule is COc1ccc(-c2cc(C(=O)Nc3ccc(C)c([N+](=O)[O-])c3)c3ccccc3n2)cc1OC. The van der Waals surface area contributed by atoms with Crippen molar-refractivity contribution in [2.45, 2.75) is 6.92 Å². The fourth-order valence-electron chi connectivity index (χ4n) is 3.59. The summed E-state index contributed by atoms with van der Waals surface area (Å²) in [6.07, 6.45) is 0. The molecule has 0 saturated heterocycles. The summed E-state index contributed by atoms with van der Waals surface area (Å²) < 4.78 is 10.7. The molecule has 4 rings (SSSR count). The summed E-state index contributed by atoms with van der Waals surface area (Å²) in [6.45, 7) is 1.65. The Morgan fingerprint density at radius 3 is 2.45 bits per heavy atom. The van der Waals surface area contributed by atoms with Gasteiger partial charge in [-0.1, -0.05) is 24.3 Å². The van der Waals surface area contributed by atoms with Crippen LogP contribution in [0.5, 0.6) is 11.5 Å². The van der Waals surface area contributed by atoms with Gasteiger partial charge in [-0.15, -0.1) is 0 Å². The Labute approximate surface area is 189 Å². The minimum atomic E-state index is -0.470. The summed E-state index contributed by atoms with van der Waals surface area (Å²) in [5.41, 5.74) is 3.17. The van der Waals surface area contributed by atoms with Gasteiger partial charge in [0, 0.05) is 28.3 Å². The number of carbonyl (C=O) groups is 1. The number of nitro groups is 1. The Bertz CT molecular complexity index is 1380. The zero-order valence-corrected chi connectivity index (χ0v) is 18.3. The molecule has 0 spiro atoms. The molecule has 0 atom stereocenters. The van der Waals surface area contributed by atoms with Crippen LogP contribution in [0.1, 0.15) is 15.9 Å². The van der Waals surface area contributed by atoms with E-state index in [1.54, 1.807) is 51.5 Å². The maximum absolute atomic E-state index is 13.2. The van der Waals surface area contributed by atoms with E-state index in [4.69, 9.17) is 14.5 Å². The number of para-hydroxylation sites is 1. The summed E-state index contributed by atoms with van der Waals surface area (Å²) in [5, 5.41) is 14.7. The third-order valence-corrected chi connectivity index (χ3v) is 5.30. The number of methoxy groups -OCH3 is 2. The van der Waals surface area contributed by atoms with Crippen molar-refractivity contribution in [3.05, 3.63) is 88.0 Å². The van der Waals surface area contributed by atoms with Gasteiger partial charge in [0.05, 0.1) is 35.9 Å². The fraction of sp³-hybridized carbons (Fsp3) is 0.120. The number of hydrogen-bond acceptors (Lipinski definition) is 6. The van der Waals surface area contributed by atoms with Crippen LogP contribution in [0.25, 0.3) is 22.2 Å². The van der Waals surface area contributed by atoms with Gasteiger partial charge in [-0.2, -0.15) is 0 Å². The van der Waals surface area contributed by atoms with Gasteiger partial charge in [-0.3, -0.25) is 14.9 Å². The van der Waals surface area contributed by atoms with E-state index in [0.29, 0.717) is 44.9 Å². The number of anilines is 1. The number of benzene rings is 3. The molecule has 1 heterocycles. The predicted octanol–water partition coefficient (Wildman–Crippen LogP) is 5.39. The average Bonchev–Trinajstić information content (AvgIpc) is 2.83. The van der Waals surface area contributed by atoms with E-state index >= 15 is 0 Å². The summed E-state index contributed by atoms with van der Waals surface area (Å²) >= 11 is 0. The quantitative estimate of drug-likeness (QED) is 0.317. The molecule has 8 nitrogen and oxygen atoms in total. The first-order valence-corrected chi connectivity index (χ1v) is 10.1. The molecule has 1 aromatic heterocycles. The van der Waals surface area contributed by atoms with Gasteiger partial charge in [-0.05, 0) is 43.3 Å². The molecule has 8 heteroatoms. The van der Waals surface area contributed by atoms with Crippen LogP contribution in [0.3, 0.4) is 0 Å². The number of ether oxygens (including phenoxy) is 2. The van der Waals surface area contributed by atoms with E-state index < -0.39 is 10.8 Å². The Morgan fingerprint density at radius 2 is 1.73 bits per heavy atom. The highest BCUT2D eigenvalue weighted by molar-refractivity contribution is 6.13. The van der Waals surface area contributed by atoms with E-state index in [1.165, 1.54) is 6.07 Å². The maximum atomic E-state index is 13.2. The van der Waals surface area contributed by atoms with E-state index in [2.05, 4.69) is 5.32 Å². The average molecular weight is 443 g/mol. The monoisotopic (exact) mass is 443 g/mol. The number of nitro benzene ring substituents is 1. The van der Waals surface area contributed by atoms with Crippen LogP contribution in [0.15, 0.2) is 66.7 Å². The number of nitrogens with one attached hydrogen (secondary N) is 1. The van der Waals surface area contributed by atoms with E-state index in [9.17, 15) is 14.9 Å². The molecule has 33 heavy (non-hydrogen) atoms. The Kier molecular flexibility index (Phi) is 5.91. The first-order chi connectivity index (χ1) is 15.9. The molecule has 166 valence electrons. The molecule has 1 N–H and O–H groups in total. The van der Waals surface area contributed by atoms with Crippen molar-refractivity contribution in [1.29, 1.82) is 0 Å². The lowest BCUT2D eigenvalue weighted by Gasteiger charge is -2.13. The standard InChI is InChI=1S/C25H21N3O5/c1-15-8-10-17(13-22(15)28(30)31)26-25(29)19-14-21(27-20-7-5-4-6-18(19)20)16-9-11-23(32-2)24(12-16)33-3/h4-14H,1-3H3,(H,26,29). The van der Waals surface area contributed by atoms with Gasteiger partial charge in [-0.25, -0.2) is 4.98 Å². The number of fused-ring (bicyclic) bond motifs is 1. The molecule has 0 fully saturated rings. The van der Waals surface area contributed by atoms with Gasteiger partial charge in [0.25, 0.3) is 11.6 Å². The van der Waals surface area contributed by atoms with Gasteiger partial charge < -0.3 is 14.8 Å². The van der Waals surface area contributed by atoms with Gasteiger partial charge in [0.2, 0.25) is 0 Å². The van der Waals surface area contributed by atoms with Crippen LogP contribution in [0.4, 0.5) is 11.4 Å². The molecule has 1 amide bonds. The van der Waals surface area contributed by atoms with Crippen LogP contribution in [0, 0.1) is 17.0 Å². The molecular formula is C25H21N3O5. The van der Waals surface area contributed by atoms with Crippen molar-refractivity contribution in [2.24, 2.45) is 0 Å². The predicted molar refractivity (Wildman–Crippen MR) is 126 cm³/mol. The highest BCUT2D eigenvalue weighted by Crippen LogP contribution is 2.33.